The zero-order valence-corrected chi connectivity index (χ0v) is 93.1. The van der Waals surface area contributed by atoms with E-state index in [9.17, 15) is 0 Å². The zero-order valence-electron chi connectivity index (χ0n) is 24.6. The molecule has 1 rings (SSSR count). The molecule has 0 unspecified atom stereocenters. The van der Waals surface area contributed by atoms with Gasteiger partial charge in [0, 0.05) is 495 Å². The van der Waals surface area contributed by atoms with Crippen LogP contribution in [0.3, 0.4) is 0 Å². The van der Waals surface area contributed by atoms with E-state index in [0.29, 0.717) is 6.54 Å². The van der Waals surface area contributed by atoms with Gasteiger partial charge in [-0.15, -0.1) is 0 Å². The molecule has 24 N–H and O–H groups in total. The average Bonchev–Trinajstić information content (AvgIpc) is 2.35. The molecule has 0 bridgehead atoms. The van der Waals surface area contributed by atoms with Gasteiger partial charge in [-0.1, -0.05) is 6.42 Å². The normalized spacial score (nSPS) is 5.25. The first kappa shape index (κ1) is 203. The Labute approximate surface area is 625 Å². The van der Waals surface area contributed by atoms with E-state index < -0.39 is 15.6 Å². The van der Waals surface area contributed by atoms with Crippen molar-refractivity contribution < 1.29 is 525 Å². The maximum Gasteiger partial charge on any atom is 0.628 e. The van der Waals surface area contributed by atoms with Crippen LogP contribution in [-0.4, -0.2) is 34.8 Å². The van der Waals surface area contributed by atoms with Crippen LogP contribution in [0.2, 0.25) is 0 Å². The van der Waals surface area contributed by atoms with Crippen LogP contribution < -0.4 is 10.3 Å². The Hall–Kier alpha value is 7.48. The SMILES string of the molecule is O.O=P(O)(O)O.O=P(O)(O)[OH2+].[Ac].[Ac].[Ac].[Ac].[Ac].[Ac].[Ac].[Ac].[Ac].[Ac].[CH2-]CCCC[n+]1cccc(CN)c1.[NH2-].[NH2-].[NH2-].[NH2-].[NH2-].[No].[No].[No].[No].[No].[No].[No].[Np].[OH3+]. The van der Waals surface area contributed by atoms with Gasteiger partial charge < -0.3 is 73.9 Å². The molecule has 0 saturated carbocycles. The van der Waals surface area contributed by atoms with E-state index in [1.807, 2.05) is 6.07 Å². The molecule has 0 saturated heterocycles. The molecule has 0 spiro atoms. The quantitative estimate of drug-likeness (QED) is 0.0815. The van der Waals surface area contributed by atoms with Crippen LogP contribution in [0.15, 0.2) is 24.5 Å². The summed E-state index contributed by atoms with van der Waals surface area (Å²) in [5, 5.41) is 0. The second-order valence-corrected chi connectivity index (χ2v) is 6.39. The summed E-state index contributed by atoms with van der Waals surface area (Å²) in [7, 11) is -9.03. The Morgan fingerprint density at radius 1 is 0.688 bits per heavy atom. The Morgan fingerprint density at radius 2 is 0.917 bits per heavy atom. The van der Waals surface area contributed by atoms with Crippen molar-refractivity contribution in [3.63, 3.8) is 0 Å². The Balaban J connectivity index is -0.00000000468. The molecule has 37 heteroatoms. The number of rotatable bonds is 5. The van der Waals surface area contributed by atoms with Crippen LogP contribution in [0.5, 0.6) is 0 Å². The van der Waals surface area contributed by atoms with Crippen molar-refractivity contribution >= 4 is 15.6 Å². The summed E-state index contributed by atoms with van der Waals surface area (Å²) in [6, 6.07) is 4.10. The second kappa shape index (κ2) is 131. The van der Waals surface area contributed by atoms with Gasteiger partial charge in [0.2, 0.25) is 0 Å². The van der Waals surface area contributed by atoms with E-state index in [-0.39, 0.29) is 512 Å². The molecule has 1 aromatic rings. The molecule has 17 nitrogen and oxygen atoms in total. The van der Waals surface area contributed by atoms with Crippen LogP contribution in [0.1, 0.15) is 24.8 Å². The van der Waals surface area contributed by atoms with Gasteiger partial charge in [0.15, 0.2) is 12.4 Å². The van der Waals surface area contributed by atoms with E-state index in [2.05, 4.69) is 30.0 Å². The molecule has 11 radical (unpaired) electrons. The van der Waals surface area contributed by atoms with Crippen molar-refractivity contribution in [2.45, 2.75) is 32.4 Å². The van der Waals surface area contributed by atoms with Crippen molar-refractivity contribution in [3.8, 4) is 0 Å². The van der Waals surface area contributed by atoms with Crippen molar-refractivity contribution in [1.82, 2.24) is 0 Å². The summed E-state index contributed by atoms with van der Waals surface area (Å²) in [6.07, 6.45) is 7.62. The largest absolute Gasteiger partial charge is 0.693 e. The standard InChI is InChI=1S/C11H18N2.10Ac.5H2N.7No.Np.2H3O4P.2H2O/c1-2-3-4-7-13-8-5-6-11(9-12)10-13;;;;;;;;;;;;;;;;;;;;;;;;2*1-5(2,3)4;;/h5-6,8,10H,1-4,7,9,12H2;;;;;;;;;;;5*1H2;;;;;;;;;2*(H3,1,2,3,4);2*1H2/q;;;;;;;;;;;5*-1;;;;;;;;;;;;/p+2. The molecule has 1 aromatic heterocycles. The number of pyridine rings is 1. The third kappa shape index (κ3) is 246. The van der Waals surface area contributed by atoms with Crippen LogP contribution >= 0.6 is 15.6 Å². The molecule has 0 aromatic carbocycles. The van der Waals surface area contributed by atoms with Crippen LogP contribution in [-0.2, 0) is 27.7 Å². The van der Waals surface area contributed by atoms with Gasteiger partial charge in [-0.05, 0) is 6.07 Å². The second-order valence-electron chi connectivity index (χ2n) is 4.27. The number of unbranched alkanes of at least 4 members (excludes halogenated alkanes) is 2. The monoisotopic (exact) mass is 4810 g/mol. The van der Waals surface area contributed by atoms with Gasteiger partial charge in [0.25, 0.3) is 0 Å². The summed E-state index contributed by atoms with van der Waals surface area (Å²) in [6.45, 7) is 5.52. The minimum atomic E-state index is -4.64. The van der Waals surface area contributed by atoms with E-state index in [0.717, 1.165) is 13.0 Å². The molecule has 0 aliphatic carbocycles. The molecule has 325 valence electrons. The summed E-state index contributed by atoms with van der Waals surface area (Å²) in [5.41, 5.74) is 6.74. The predicted molar refractivity (Wildman–Crippen MR) is 119 cm³/mol. The molecule has 48 heavy (non-hydrogen) atoms. The number of aryl methyl sites for hydroxylation is 1. The number of phosphoric acid groups is 1. The van der Waals surface area contributed by atoms with E-state index >= 15 is 0 Å². The number of hydrogen-bond donors (Lipinski definition) is 6. The predicted octanol–water partition coefficient (Wildman–Crippen LogP) is 1.15. The maximum absolute atomic E-state index is 8.99. The van der Waals surface area contributed by atoms with Gasteiger partial charge in [0.1, 0.15) is 6.54 Å². The number of hydrogen-bond acceptors (Lipinski definition) is 3. The average molecular weight is 4810 g/mol. The minimum absolute atomic E-state index is 0. The van der Waals surface area contributed by atoms with Crippen molar-refractivity contribution in [1.29, 1.82) is 0 Å². The number of nitrogens with zero attached hydrogens (tertiary/aromatic N) is 1. The maximum atomic E-state index is 8.99. The Kier molecular flexibility index (Phi) is 554. The minimum Gasteiger partial charge on any atom is -0.693 e. The van der Waals surface area contributed by atoms with E-state index in [4.69, 9.17) is 44.2 Å². The van der Waals surface area contributed by atoms with Gasteiger partial charge in [-0.25, -0.2) is 9.13 Å². The third-order valence-electron chi connectivity index (χ3n) is 2.07. The molecule has 0 aliphatic heterocycles. The summed E-state index contributed by atoms with van der Waals surface area (Å²) < 4.78 is 20.1. The fraction of sp³-hybridized carbons (Fsp3) is 0.455. The molecule has 0 fully saturated rings. The summed E-state index contributed by atoms with van der Waals surface area (Å²) in [5.74, 6) is 0. The van der Waals surface area contributed by atoms with Crippen molar-refractivity contribution in [3.05, 3.63) is 67.8 Å². The number of aromatic nitrogens is 1. The zero-order chi connectivity index (χ0) is 18.5. The first-order valence-electron chi connectivity index (χ1n) is 6.43. The Bertz CT molecular complexity index is 564. The fourth-order valence-electron chi connectivity index (χ4n) is 1.31. The Morgan fingerprint density at radius 3 is 1.10 bits per heavy atom. The van der Waals surface area contributed by atoms with Gasteiger partial charge in [-0.3, -0.25) is 9.79 Å². The summed E-state index contributed by atoms with van der Waals surface area (Å²) >= 11 is 0. The fourth-order valence-corrected chi connectivity index (χ4v) is 1.31. The first-order valence-corrected chi connectivity index (χ1v) is 9.60. The third-order valence-corrected chi connectivity index (χ3v) is 2.07. The van der Waals surface area contributed by atoms with Gasteiger partial charge >= 0.3 is 15.6 Å². The smallest absolute Gasteiger partial charge is 0.628 e. The van der Waals surface area contributed by atoms with E-state index in [1.54, 1.807) is 0 Å². The first-order chi connectivity index (χ1) is 10.4. The molecule has 0 amide bonds. The molecular weight excluding hydrogens is 4770 g/mol. The number of nitrogens with two attached hydrogens (primary N) is 6. The van der Waals surface area contributed by atoms with Crippen molar-refractivity contribution in [2.24, 2.45) is 5.73 Å². The van der Waals surface area contributed by atoms with Gasteiger partial charge in [-0.2, -0.15) is 11.0 Å². The van der Waals surface area contributed by atoms with Crippen molar-refractivity contribution in [2.75, 3.05) is 0 Å². The van der Waals surface area contributed by atoms with Crippen LogP contribution in [0.25, 0.3) is 30.8 Å². The van der Waals surface area contributed by atoms with Crippen LogP contribution in [0, 0.1) is 477 Å². The summed E-state index contributed by atoms with van der Waals surface area (Å²) in [4.78, 5) is 41.8. The molecule has 0 atom stereocenters. The van der Waals surface area contributed by atoms with E-state index in [1.165, 1.54) is 18.4 Å². The molecular formula is C11H40Ac10N7No7NpO10P2-3. The molecule has 1 heterocycles. The molecule has 0 aliphatic rings. The topological polar surface area (TPSA) is 420 Å². The van der Waals surface area contributed by atoms with Gasteiger partial charge in [0.05, 0.1) is 0 Å². The van der Waals surface area contributed by atoms with Crippen LogP contribution in [0.4, 0.5) is 0 Å².